The predicted molar refractivity (Wildman–Crippen MR) is 137 cm³/mol. The smallest absolute Gasteiger partial charge is 0.481 e. The number of nitrogens with zero attached hydrogens (tertiary/aromatic N) is 1. The second-order valence-corrected chi connectivity index (χ2v) is 11.3. The largest absolute Gasteiger partial charge is 0.519 e. The van der Waals surface area contributed by atoms with Crippen LogP contribution in [0.4, 0.5) is 14.4 Å². The summed E-state index contributed by atoms with van der Waals surface area (Å²) in [5.41, 5.74) is 2.49. The molecule has 10 heteroatoms. The molecule has 206 valence electrons. The SMILES string of the molecule is O=C(OC1=CC1)Oc1ccc2c3c1O[C@H]1C(OC(=O)OCC4C=C4)C=CC4[C@@H](C2)N(C(=O)OCC2=CC2)CCC341. The zero-order chi connectivity index (χ0) is 27.0. The second-order valence-electron chi connectivity index (χ2n) is 11.3. The molecule has 1 aromatic rings. The maximum atomic E-state index is 13.2. The highest BCUT2D eigenvalue weighted by atomic mass is 16.7. The van der Waals surface area contributed by atoms with Gasteiger partial charge in [-0.05, 0) is 48.6 Å². The minimum Gasteiger partial charge on any atom is -0.481 e. The molecule has 2 bridgehead atoms. The van der Waals surface area contributed by atoms with E-state index in [1.54, 1.807) is 12.1 Å². The van der Waals surface area contributed by atoms with E-state index in [0.29, 0.717) is 43.9 Å². The summed E-state index contributed by atoms with van der Waals surface area (Å²) in [6.07, 6.45) is 11.0. The van der Waals surface area contributed by atoms with Gasteiger partial charge in [0.25, 0.3) is 0 Å². The van der Waals surface area contributed by atoms with Gasteiger partial charge in [0, 0.05) is 36.4 Å². The molecule has 1 amide bonds. The van der Waals surface area contributed by atoms with Crippen LogP contribution in [0.25, 0.3) is 0 Å². The molecule has 0 aromatic heterocycles. The number of hydrogen-bond acceptors (Lipinski definition) is 9. The predicted octanol–water partition coefficient (Wildman–Crippen LogP) is 4.48. The number of carbonyl (C=O) groups is 3. The number of allylic oxidation sites excluding steroid dienone is 3. The van der Waals surface area contributed by atoms with Gasteiger partial charge in [0.15, 0.2) is 17.6 Å². The summed E-state index contributed by atoms with van der Waals surface area (Å²) < 4.78 is 34.1. The van der Waals surface area contributed by atoms with Crippen LogP contribution in [0.1, 0.15) is 30.4 Å². The summed E-state index contributed by atoms with van der Waals surface area (Å²) in [6, 6.07) is 3.45. The van der Waals surface area contributed by atoms with Crippen molar-refractivity contribution in [3.8, 4) is 11.5 Å². The van der Waals surface area contributed by atoms with Gasteiger partial charge in [0.05, 0.1) is 5.41 Å². The van der Waals surface area contributed by atoms with Crippen LogP contribution in [-0.2, 0) is 30.8 Å². The van der Waals surface area contributed by atoms with E-state index in [1.165, 1.54) is 0 Å². The van der Waals surface area contributed by atoms with E-state index in [9.17, 15) is 14.4 Å². The van der Waals surface area contributed by atoms with Crippen LogP contribution in [0, 0.1) is 11.8 Å². The van der Waals surface area contributed by atoms with Gasteiger partial charge in [-0.25, -0.2) is 14.4 Å². The number of benzene rings is 1. The number of hydrogen-bond donors (Lipinski definition) is 0. The number of amides is 1. The van der Waals surface area contributed by atoms with Crippen molar-refractivity contribution >= 4 is 18.4 Å². The molecular formula is C30H27NO9. The normalized spacial score (nSPS) is 30.8. The minimum absolute atomic E-state index is 0.113. The first kappa shape index (κ1) is 23.7. The summed E-state index contributed by atoms with van der Waals surface area (Å²) in [4.78, 5) is 40.0. The molecule has 2 aliphatic heterocycles. The van der Waals surface area contributed by atoms with E-state index in [4.69, 9.17) is 28.4 Å². The lowest BCUT2D eigenvalue weighted by Crippen LogP contribution is -2.66. The molecular weight excluding hydrogens is 518 g/mol. The molecule has 0 N–H and O–H groups in total. The van der Waals surface area contributed by atoms with Crippen LogP contribution in [0.15, 0.2) is 59.9 Å². The average molecular weight is 546 g/mol. The Bertz CT molecular complexity index is 1450. The van der Waals surface area contributed by atoms with Gasteiger partial charge in [-0.3, -0.25) is 0 Å². The first-order valence-electron chi connectivity index (χ1n) is 13.7. The number of carbonyl (C=O) groups excluding carboxylic acids is 3. The maximum absolute atomic E-state index is 13.2. The molecule has 1 saturated heterocycles. The Morgan fingerprint density at radius 3 is 2.62 bits per heavy atom. The van der Waals surface area contributed by atoms with Crippen molar-refractivity contribution in [2.24, 2.45) is 11.8 Å². The van der Waals surface area contributed by atoms with Crippen molar-refractivity contribution in [1.29, 1.82) is 0 Å². The molecule has 5 aliphatic carbocycles. The van der Waals surface area contributed by atoms with Crippen molar-refractivity contribution in [1.82, 2.24) is 4.90 Å². The number of ether oxygens (including phenoxy) is 6. The molecule has 10 nitrogen and oxygen atoms in total. The van der Waals surface area contributed by atoms with Crippen LogP contribution >= 0.6 is 0 Å². The van der Waals surface area contributed by atoms with E-state index in [2.05, 4.69) is 0 Å². The fourth-order valence-electron chi connectivity index (χ4n) is 6.70. The first-order valence-corrected chi connectivity index (χ1v) is 13.7. The van der Waals surface area contributed by atoms with E-state index in [0.717, 1.165) is 23.1 Å². The van der Waals surface area contributed by atoms with Gasteiger partial charge in [0.2, 0.25) is 0 Å². The summed E-state index contributed by atoms with van der Waals surface area (Å²) in [6.45, 7) is 1.02. The van der Waals surface area contributed by atoms with Crippen molar-refractivity contribution in [2.75, 3.05) is 19.8 Å². The summed E-state index contributed by atoms with van der Waals surface area (Å²) >= 11 is 0. The Labute approximate surface area is 229 Å². The van der Waals surface area contributed by atoms with Crippen LogP contribution in [0.5, 0.6) is 11.5 Å². The van der Waals surface area contributed by atoms with Crippen LogP contribution < -0.4 is 9.47 Å². The van der Waals surface area contributed by atoms with Crippen molar-refractivity contribution in [3.05, 3.63) is 71.0 Å². The third-order valence-corrected chi connectivity index (χ3v) is 8.81. The minimum atomic E-state index is -0.826. The van der Waals surface area contributed by atoms with Crippen molar-refractivity contribution in [3.63, 3.8) is 0 Å². The lowest BCUT2D eigenvalue weighted by Gasteiger charge is -2.56. The lowest BCUT2D eigenvalue weighted by atomic mass is 9.53. The quantitative estimate of drug-likeness (QED) is 0.212. The molecule has 1 spiro atoms. The van der Waals surface area contributed by atoms with Crippen LogP contribution in [0.3, 0.4) is 0 Å². The van der Waals surface area contributed by atoms with E-state index in [-0.39, 0.29) is 36.3 Å². The van der Waals surface area contributed by atoms with Gasteiger partial charge >= 0.3 is 18.4 Å². The van der Waals surface area contributed by atoms with Gasteiger partial charge < -0.3 is 33.3 Å². The Morgan fingerprint density at radius 1 is 1.00 bits per heavy atom. The standard InChI is InChI=1S/C30H27NO9/c32-27(35-14-16-1-2-16)31-12-11-30-20-8-10-23(39-28(33)36-15-17-3-4-17)26(30)40-25-22(38-29(34)37-19-6-7-19)9-5-18(24(25)30)13-21(20)31/h1,3-6,8-10,17,20-21,23,26H,2,7,11-15H2/t20?,21-,23?,26+,30?/m1/s1. The molecule has 2 heterocycles. The fourth-order valence-corrected chi connectivity index (χ4v) is 6.70. The Balaban J connectivity index is 1.13. The van der Waals surface area contributed by atoms with Gasteiger partial charge in [0.1, 0.15) is 25.1 Å². The monoisotopic (exact) mass is 545 g/mol. The molecule has 8 rings (SSSR count). The third kappa shape index (κ3) is 3.88. The Kier molecular flexibility index (Phi) is 5.11. The molecule has 1 aromatic carbocycles. The first-order chi connectivity index (χ1) is 19.5. The summed E-state index contributed by atoms with van der Waals surface area (Å²) in [5.74, 6) is 1.34. The summed E-state index contributed by atoms with van der Waals surface area (Å²) in [7, 11) is 0. The molecule has 0 radical (unpaired) electrons. The summed E-state index contributed by atoms with van der Waals surface area (Å²) in [5, 5.41) is 0. The molecule has 1 fully saturated rings. The van der Waals surface area contributed by atoms with E-state index in [1.807, 2.05) is 41.3 Å². The van der Waals surface area contributed by atoms with Crippen LogP contribution in [-0.4, -0.2) is 61.3 Å². The van der Waals surface area contributed by atoms with Gasteiger partial charge in [-0.1, -0.05) is 30.4 Å². The highest BCUT2D eigenvalue weighted by molar-refractivity contribution is 5.73. The second kappa shape index (κ2) is 8.64. The number of rotatable bonds is 7. The van der Waals surface area contributed by atoms with Crippen molar-refractivity contribution < 1.29 is 42.8 Å². The Morgan fingerprint density at radius 2 is 1.85 bits per heavy atom. The van der Waals surface area contributed by atoms with E-state index >= 15 is 0 Å². The van der Waals surface area contributed by atoms with Crippen molar-refractivity contribution in [2.45, 2.75) is 49.3 Å². The maximum Gasteiger partial charge on any atom is 0.519 e. The van der Waals surface area contributed by atoms with Crippen LogP contribution in [0.2, 0.25) is 0 Å². The molecule has 5 atom stereocenters. The zero-order valence-corrected chi connectivity index (χ0v) is 21.6. The topological polar surface area (TPSA) is 110 Å². The molecule has 40 heavy (non-hydrogen) atoms. The fraction of sp³-hybridized carbons (Fsp3) is 0.433. The third-order valence-electron chi connectivity index (χ3n) is 8.81. The molecule has 3 unspecified atom stereocenters. The number of likely N-dealkylation sites (tertiary alicyclic amines) is 1. The highest BCUT2D eigenvalue weighted by Crippen LogP contribution is 2.63. The Hall–Kier alpha value is -4.21. The molecule has 0 saturated carbocycles. The van der Waals surface area contributed by atoms with Gasteiger partial charge in [-0.2, -0.15) is 0 Å². The average Bonchev–Trinajstić information content (AvgIpc) is 3.80. The highest BCUT2D eigenvalue weighted by Gasteiger charge is 2.66. The van der Waals surface area contributed by atoms with Gasteiger partial charge in [-0.15, -0.1) is 0 Å². The van der Waals surface area contributed by atoms with E-state index < -0.39 is 29.9 Å². The number of piperidine rings is 1. The lowest BCUT2D eigenvalue weighted by molar-refractivity contribution is -0.0646. The molecule has 7 aliphatic rings. The zero-order valence-electron chi connectivity index (χ0n) is 21.6.